The van der Waals surface area contributed by atoms with Crippen molar-refractivity contribution in [3.05, 3.63) is 28.8 Å². The molecule has 0 saturated carbocycles. The van der Waals surface area contributed by atoms with Gasteiger partial charge in [0.1, 0.15) is 5.75 Å². The number of hydrogen-bond acceptors (Lipinski definition) is 4. The molecule has 1 fully saturated rings. The van der Waals surface area contributed by atoms with Crippen LogP contribution in [-0.2, 0) is 14.6 Å². The van der Waals surface area contributed by atoms with Crippen LogP contribution < -0.4 is 4.74 Å². The van der Waals surface area contributed by atoms with E-state index < -0.39 is 9.84 Å². The maximum Gasteiger partial charge on any atom is 0.260 e. The Balaban J connectivity index is 1.99. The molecule has 1 aromatic carbocycles. The molecule has 1 aromatic rings. The van der Waals surface area contributed by atoms with Gasteiger partial charge in [0.2, 0.25) is 0 Å². The number of carbonyl (C=O) groups is 1. The Kier molecular flexibility index (Phi) is 5.34. The van der Waals surface area contributed by atoms with Crippen LogP contribution in [0.1, 0.15) is 18.9 Å². The highest BCUT2D eigenvalue weighted by molar-refractivity contribution is 7.91. The number of hydrogen-bond donors (Lipinski definition) is 0. The number of benzene rings is 1. The van der Waals surface area contributed by atoms with Crippen LogP contribution in [0.15, 0.2) is 18.2 Å². The summed E-state index contributed by atoms with van der Waals surface area (Å²) in [5.41, 5.74) is 0.987. The highest BCUT2D eigenvalue weighted by atomic mass is 35.5. The zero-order chi connectivity index (χ0) is 16.3. The van der Waals surface area contributed by atoms with E-state index in [-0.39, 0.29) is 30.1 Å². The van der Waals surface area contributed by atoms with Gasteiger partial charge in [-0.05, 0) is 38.0 Å². The molecule has 0 radical (unpaired) electrons. The molecule has 5 nitrogen and oxygen atoms in total. The van der Waals surface area contributed by atoms with Crippen molar-refractivity contribution in [2.45, 2.75) is 26.3 Å². The van der Waals surface area contributed by atoms with Crippen molar-refractivity contribution in [3.8, 4) is 5.75 Å². The molecule has 1 aliphatic heterocycles. The quantitative estimate of drug-likeness (QED) is 0.819. The maximum absolute atomic E-state index is 12.3. The van der Waals surface area contributed by atoms with Crippen LogP contribution in [-0.4, -0.2) is 49.9 Å². The van der Waals surface area contributed by atoms with E-state index in [2.05, 4.69) is 0 Å². The van der Waals surface area contributed by atoms with Crippen LogP contribution in [0.3, 0.4) is 0 Å². The van der Waals surface area contributed by atoms with Crippen molar-refractivity contribution in [1.29, 1.82) is 0 Å². The van der Waals surface area contributed by atoms with Crippen LogP contribution >= 0.6 is 11.6 Å². The van der Waals surface area contributed by atoms with E-state index in [0.29, 0.717) is 23.7 Å². The van der Waals surface area contributed by atoms with E-state index in [9.17, 15) is 13.2 Å². The molecule has 22 heavy (non-hydrogen) atoms. The zero-order valence-electron chi connectivity index (χ0n) is 12.7. The number of ether oxygens (including phenoxy) is 1. The molecule has 1 heterocycles. The third-order valence-electron chi connectivity index (χ3n) is 3.75. The van der Waals surface area contributed by atoms with Crippen LogP contribution in [0, 0.1) is 6.92 Å². The van der Waals surface area contributed by atoms with Crippen molar-refractivity contribution >= 4 is 27.3 Å². The first-order valence-corrected chi connectivity index (χ1v) is 9.41. The normalized spacial score (nSPS) is 19.9. The number of carbonyl (C=O) groups excluding carboxylic acids is 1. The summed E-state index contributed by atoms with van der Waals surface area (Å²) in [4.78, 5) is 13.9. The lowest BCUT2D eigenvalue weighted by molar-refractivity contribution is -0.135. The fraction of sp³-hybridized carbons (Fsp3) is 0.533. The van der Waals surface area contributed by atoms with E-state index in [1.165, 1.54) is 0 Å². The van der Waals surface area contributed by atoms with Crippen LogP contribution in [0.2, 0.25) is 5.02 Å². The second-order valence-electron chi connectivity index (χ2n) is 5.46. The topological polar surface area (TPSA) is 63.7 Å². The Bertz CT molecular complexity index is 660. The highest BCUT2D eigenvalue weighted by Gasteiger charge is 2.33. The SMILES string of the molecule is CCN(C(=O)COc1cc(C)ccc1Cl)C1CCS(=O)(=O)C1. The lowest BCUT2D eigenvalue weighted by Crippen LogP contribution is -2.43. The van der Waals surface area contributed by atoms with Gasteiger partial charge in [-0.25, -0.2) is 8.42 Å². The Hall–Kier alpha value is -1.27. The summed E-state index contributed by atoms with van der Waals surface area (Å²) in [6, 6.07) is 5.10. The summed E-state index contributed by atoms with van der Waals surface area (Å²) >= 11 is 6.03. The molecule has 1 unspecified atom stereocenters. The molecule has 0 spiro atoms. The number of nitrogens with zero attached hydrogens (tertiary/aromatic N) is 1. The minimum atomic E-state index is -3.02. The zero-order valence-corrected chi connectivity index (χ0v) is 14.3. The van der Waals surface area contributed by atoms with Crippen LogP contribution in [0.5, 0.6) is 5.75 Å². The lowest BCUT2D eigenvalue weighted by Gasteiger charge is -2.26. The maximum atomic E-state index is 12.3. The second kappa shape index (κ2) is 6.87. The van der Waals surface area contributed by atoms with Crippen molar-refractivity contribution in [2.24, 2.45) is 0 Å². The van der Waals surface area contributed by atoms with E-state index >= 15 is 0 Å². The predicted molar refractivity (Wildman–Crippen MR) is 86.1 cm³/mol. The first kappa shape index (κ1) is 17.1. The third kappa shape index (κ3) is 4.14. The molecule has 122 valence electrons. The number of amides is 1. The van der Waals surface area contributed by atoms with Crippen molar-refractivity contribution in [3.63, 3.8) is 0 Å². The molecule has 0 aromatic heterocycles. The van der Waals surface area contributed by atoms with Crippen molar-refractivity contribution in [2.75, 3.05) is 24.7 Å². The van der Waals surface area contributed by atoms with E-state index in [0.717, 1.165) is 5.56 Å². The minimum absolute atomic E-state index is 0.0395. The average Bonchev–Trinajstić information content (AvgIpc) is 2.80. The molecule has 1 atom stereocenters. The first-order chi connectivity index (χ1) is 10.3. The molecule has 0 bridgehead atoms. The van der Waals surface area contributed by atoms with Gasteiger partial charge in [0.05, 0.1) is 16.5 Å². The second-order valence-corrected chi connectivity index (χ2v) is 8.10. The Morgan fingerprint density at radius 1 is 1.45 bits per heavy atom. The highest BCUT2D eigenvalue weighted by Crippen LogP contribution is 2.25. The number of rotatable bonds is 5. The number of halogens is 1. The van der Waals surface area contributed by atoms with E-state index in [4.69, 9.17) is 16.3 Å². The van der Waals surface area contributed by atoms with E-state index in [1.807, 2.05) is 19.9 Å². The Morgan fingerprint density at radius 2 is 2.18 bits per heavy atom. The smallest absolute Gasteiger partial charge is 0.260 e. The third-order valence-corrected chi connectivity index (χ3v) is 5.81. The van der Waals surface area contributed by atoms with Gasteiger partial charge in [-0.3, -0.25) is 4.79 Å². The summed E-state index contributed by atoms with van der Waals surface area (Å²) in [5, 5.41) is 0.449. The summed E-state index contributed by atoms with van der Waals surface area (Å²) in [5.74, 6) is 0.427. The van der Waals surface area contributed by atoms with Gasteiger partial charge in [-0.2, -0.15) is 0 Å². The van der Waals surface area contributed by atoms with Crippen molar-refractivity contribution < 1.29 is 17.9 Å². The number of aryl methyl sites for hydroxylation is 1. The van der Waals surface area contributed by atoms with Gasteiger partial charge in [0.15, 0.2) is 16.4 Å². The standard InChI is InChI=1S/C15H20ClNO4S/c1-3-17(12-6-7-22(19,20)10-12)15(18)9-21-14-8-11(2)4-5-13(14)16/h4-5,8,12H,3,6-7,9-10H2,1-2H3. The predicted octanol–water partition coefficient (Wildman–Crippen LogP) is 2.06. The molecule has 1 aliphatic rings. The average molecular weight is 346 g/mol. The van der Waals surface area contributed by atoms with Gasteiger partial charge < -0.3 is 9.64 Å². The summed E-state index contributed by atoms with van der Waals surface area (Å²) < 4.78 is 28.6. The molecule has 1 saturated heterocycles. The molecule has 7 heteroatoms. The van der Waals surface area contributed by atoms with Crippen LogP contribution in [0.25, 0.3) is 0 Å². The lowest BCUT2D eigenvalue weighted by atomic mass is 10.2. The molecule has 2 rings (SSSR count). The Morgan fingerprint density at radius 3 is 2.77 bits per heavy atom. The van der Waals surface area contributed by atoms with Gasteiger partial charge in [0, 0.05) is 12.6 Å². The number of likely N-dealkylation sites (N-methyl/N-ethyl adjacent to an activating group) is 1. The van der Waals surface area contributed by atoms with Crippen molar-refractivity contribution in [1.82, 2.24) is 4.90 Å². The number of sulfone groups is 1. The van der Waals surface area contributed by atoms with Gasteiger partial charge in [0.25, 0.3) is 5.91 Å². The molecule has 0 aliphatic carbocycles. The molecular formula is C15H20ClNO4S. The summed E-state index contributed by atoms with van der Waals surface area (Å²) in [6.45, 7) is 4.06. The summed E-state index contributed by atoms with van der Waals surface area (Å²) in [6.07, 6.45) is 0.493. The summed E-state index contributed by atoms with van der Waals surface area (Å²) in [7, 11) is -3.02. The van der Waals surface area contributed by atoms with Crippen LogP contribution in [0.4, 0.5) is 0 Å². The molecule has 0 N–H and O–H groups in total. The van der Waals surface area contributed by atoms with Gasteiger partial charge in [-0.1, -0.05) is 17.7 Å². The van der Waals surface area contributed by atoms with Gasteiger partial charge in [-0.15, -0.1) is 0 Å². The Labute approximate surface area is 136 Å². The molecule has 1 amide bonds. The molecular weight excluding hydrogens is 326 g/mol. The fourth-order valence-corrected chi connectivity index (χ4v) is 4.51. The van der Waals surface area contributed by atoms with E-state index in [1.54, 1.807) is 17.0 Å². The first-order valence-electron chi connectivity index (χ1n) is 7.21. The van der Waals surface area contributed by atoms with Gasteiger partial charge >= 0.3 is 0 Å². The monoisotopic (exact) mass is 345 g/mol. The largest absolute Gasteiger partial charge is 0.482 e. The minimum Gasteiger partial charge on any atom is -0.482 e. The fourth-order valence-electron chi connectivity index (χ4n) is 2.60.